The second-order valence-corrected chi connectivity index (χ2v) is 3.09. The molecule has 0 aliphatic heterocycles. The molecule has 4 nitrogen and oxygen atoms in total. The maximum Gasteiger partial charge on any atom is 0.237 e. The van der Waals surface area contributed by atoms with Crippen molar-refractivity contribution in [2.24, 2.45) is 0 Å². The van der Waals surface area contributed by atoms with Crippen LogP contribution in [0.5, 0.6) is 0 Å². The van der Waals surface area contributed by atoms with Crippen LogP contribution in [0.15, 0.2) is 30.3 Å². The molecule has 0 amide bonds. The topological polar surface area (TPSA) is 27.7 Å². The van der Waals surface area contributed by atoms with Crippen molar-refractivity contribution in [2.45, 2.75) is 20.8 Å². The van der Waals surface area contributed by atoms with Crippen molar-refractivity contribution in [1.82, 2.24) is 4.97 Å². The molecule has 0 radical (unpaired) electrons. The number of hydrogen-bond donors (Lipinski definition) is 0. The summed E-state index contributed by atoms with van der Waals surface area (Å²) < 4.78 is 0. The smallest absolute Gasteiger partial charge is 0.237 e. The van der Waals surface area contributed by atoms with E-state index in [1.165, 1.54) is 0 Å². The number of benzene rings is 1. The zero-order chi connectivity index (χ0) is 11.9. The first-order valence-electron chi connectivity index (χ1n) is 5.67. The summed E-state index contributed by atoms with van der Waals surface area (Å²) in [6.07, 6.45) is 0. The van der Waals surface area contributed by atoms with Gasteiger partial charge in [-0.3, -0.25) is 0 Å². The van der Waals surface area contributed by atoms with E-state index >= 15 is 0 Å². The maximum atomic E-state index is 5.59. The highest BCUT2D eigenvalue weighted by Gasteiger charge is 2.37. The van der Waals surface area contributed by atoms with Gasteiger partial charge in [-0.25, -0.2) is 0 Å². The third kappa shape index (κ3) is 4.26. The predicted octanol–water partition coefficient (Wildman–Crippen LogP) is -0.148. The van der Waals surface area contributed by atoms with E-state index in [-0.39, 0.29) is 17.4 Å². The van der Waals surface area contributed by atoms with Crippen LogP contribution >= 0.6 is 0 Å². The first-order chi connectivity index (χ1) is 7.79. The van der Waals surface area contributed by atoms with Gasteiger partial charge in [0.1, 0.15) is 24.8 Å². The number of halogens is 1. The van der Waals surface area contributed by atoms with Crippen LogP contribution in [0.25, 0.3) is 0 Å². The van der Waals surface area contributed by atoms with Crippen LogP contribution in [-0.2, 0) is 14.5 Å². The van der Waals surface area contributed by atoms with Gasteiger partial charge in [0.05, 0.1) is 0 Å². The average Bonchev–Trinajstić information content (AvgIpc) is 2.31. The predicted molar refractivity (Wildman–Crippen MR) is 63.1 cm³/mol. The van der Waals surface area contributed by atoms with Crippen molar-refractivity contribution < 1.29 is 26.9 Å². The summed E-state index contributed by atoms with van der Waals surface area (Å²) in [5.74, 6) is 0. The van der Waals surface area contributed by atoms with Crippen molar-refractivity contribution in [2.75, 3.05) is 19.8 Å². The minimum atomic E-state index is -0.329. The molecule has 98 valence electrons. The zero-order valence-corrected chi connectivity index (χ0v) is 11.3. The molecule has 0 aliphatic carbocycles. The van der Waals surface area contributed by atoms with E-state index in [9.17, 15) is 0 Å². The molecule has 5 heteroatoms. The third-order valence-electron chi connectivity index (χ3n) is 1.97. The Balaban J connectivity index is 0.00000256. The van der Waals surface area contributed by atoms with Gasteiger partial charge in [-0.1, -0.05) is 18.2 Å². The van der Waals surface area contributed by atoms with Crippen LogP contribution in [0.4, 0.5) is 5.69 Å². The van der Waals surface area contributed by atoms with E-state index in [1.54, 1.807) is 0 Å². The summed E-state index contributed by atoms with van der Waals surface area (Å²) in [5, 5.41) is 0. The quantitative estimate of drug-likeness (QED) is 0.505. The molecule has 0 unspecified atom stereocenters. The molecule has 0 aliphatic rings. The normalized spacial score (nSPS) is 11.0. The summed E-state index contributed by atoms with van der Waals surface area (Å²) >= 11 is 0. The van der Waals surface area contributed by atoms with Gasteiger partial charge >= 0.3 is 0 Å². The molecule has 0 aromatic heterocycles. The van der Waals surface area contributed by atoms with E-state index in [0.29, 0.717) is 19.8 Å². The van der Waals surface area contributed by atoms with Crippen LogP contribution in [0, 0.1) is 0 Å². The molecule has 17 heavy (non-hydrogen) atoms. The van der Waals surface area contributed by atoms with Gasteiger partial charge in [0.15, 0.2) is 0 Å². The van der Waals surface area contributed by atoms with Gasteiger partial charge in [-0.05, 0) is 20.8 Å². The standard InChI is InChI=1S/C12H20NO3.ClH/c1-4-14-13(15-5-2,16-6-3)12-10-8-7-9-11-12;/h7-11H,4-6H2,1-3H3;1H/q+1;/p-1. The van der Waals surface area contributed by atoms with Gasteiger partial charge in [-0.2, -0.15) is 0 Å². The highest BCUT2D eigenvalue weighted by atomic mass is 35.5. The lowest BCUT2D eigenvalue weighted by molar-refractivity contribution is -0.504. The summed E-state index contributed by atoms with van der Waals surface area (Å²) in [6, 6.07) is 9.64. The molecule has 0 atom stereocenters. The summed E-state index contributed by atoms with van der Waals surface area (Å²) in [5.41, 5.74) is 0.827. The van der Waals surface area contributed by atoms with Crippen LogP contribution < -0.4 is 17.4 Å². The maximum absolute atomic E-state index is 5.59. The van der Waals surface area contributed by atoms with Gasteiger partial charge < -0.3 is 12.4 Å². The molecule has 0 N–H and O–H groups in total. The SMILES string of the molecule is CCO[N+](OCC)(OCC)c1ccccc1.[Cl-]. The van der Waals surface area contributed by atoms with E-state index in [4.69, 9.17) is 14.5 Å². The molecule has 1 aromatic carbocycles. The second-order valence-electron chi connectivity index (χ2n) is 3.09. The lowest BCUT2D eigenvalue weighted by atomic mass is 10.3. The van der Waals surface area contributed by atoms with Crippen LogP contribution in [0.1, 0.15) is 20.8 Å². The summed E-state index contributed by atoms with van der Waals surface area (Å²) in [7, 11) is 0. The van der Waals surface area contributed by atoms with Crippen molar-refractivity contribution in [3.05, 3.63) is 30.3 Å². The monoisotopic (exact) mass is 261 g/mol. The molecule has 0 saturated heterocycles. The summed E-state index contributed by atoms with van der Waals surface area (Å²) in [6.45, 7) is 7.26. The molecule has 0 spiro atoms. The Labute approximate surface area is 109 Å². The number of rotatable bonds is 7. The molecule has 0 saturated carbocycles. The third-order valence-corrected chi connectivity index (χ3v) is 1.97. The van der Waals surface area contributed by atoms with E-state index in [2.05, 4.69) is 0 Å². The lowest BCUT2D eigenvalue weighted by Crippen LogP contribution is -3.00. The van der Waals surface area contributed by atoms with Gasteiger partial charge in [0, 0.05) is 12.1 Å². The van der Waals surface area contributed by atoms with Crippen LogP contribution in [0.3, 0.4) is 0 Å². The van der Waals surface area contributed by atoms with Gasteiger partial charge in [0.2, 0.25) is 5.69 Å². The van der Waals surface area contributed by atoms with Gasteiger partial charge in [-0.15, -0.1) is 14.5 Å². The minimum absolute atomic E-state index is 0. The molecular weight excluding hydrogens is 242 g/mol. The van der Waals surface area contributed by atoms with Crippen molar-refractivity contribution >= 4 is 5.69 Å². The Morgan fingerprint density at radius 1 is 0.824 bits per heavy atom. The lowest BCUT2D eigenvalue weighted by Gasteiger charge is -2.27. The first-order valence-corrected chi connectivity index (χ1v) is 5.67. The molecule has 0 heterocycles. The number of nitrogens with zero attached hydrogens (tertiary/aromatic N) is 1. The van der Waals surface area contributed by atoms with Crippen LogP contribution in [0.2, 0.25) is 0 Å². The molecular formula is C12H20ClNO3. The van der Waals surface area contributed by atoms with Crippen molar-refractivity contribution in [1.29, 1.82) is 0 Å². The summed E-state index contributed by atoms with van der Waals surface area (Å²) in [4.78, 5) is 16.4. The Hall–Kier alpha value is -0.650. The molecule has 1 rings (SSSR count). The molecule has 0 bridgehead atoms. The highest BCUT2D eigenvalue weighted by Crippen LogP contribution is 2.25. The Bertz CT molecular complexity index is 278. The Morgan fingerprint density at radius 2 is 1.24 bits per heavy atom. The number of quaternary nitrogens is 1. The van der Waals surface area contributed by atoms with Gasteiger partial charge in [0.25, 0.3) is 0 Å². The second kappa shape index (κ2) is 8.44. The van der Waals surface area contributed by atoms with E-state index < -0.39 is 0 Å². The fraction of sp³-hybridized carbons (Fsp3) is 0.500. The highest BCUT2D eigenvalue weighted by molar-refractivity contribution is 5.36. The first kappa shape index (κ1) is 16.4. The Morgan fingerprint density at radius 3 is 1.59 bits per heavy atom. The zero-order valence-electron chi connectivity index (χ0n) is 10.6. The fourth-order valence-electron chi connectivity index (χ4n) is 1.46. The van der Waals surface area contributed by atoms with E-state index in [0.717, 1.165) is 5.69 Å². The largest absolute Gasteiger partial charge is 1.00 e. The molecule has 0 fully saturated rings. The number of hydrogen-bond acceptors (Lipinski definition) is 3. The van der Waals surface area contributed by atoms with Crippen molar-refractivity contribution in [3.63, 3.8) is 0 Å². The van der Waals surface area contributed by atoms with E-state index in [1.807, 2.05) is 51.1 Å². The fourth-order valence-corrected chi connectivity index (χ4v) is 1.46. The Kier molecular flexibility index (Phi) is 8.12. The minimum Gasteiger partial charge on any atom is -1.00 e. The van der Waals surface area contributed by atoms with Crippen LogP contribution in [-0.4, -0.2) is 19.8 Å². The molecule has 1 aromatic rings. The van der Waals surface area contributed by atoms with Crippen molar-refractivity contribution in [3.8, 4) is 0 Å². The average molecular weight is 262 g/mol.